The minimum Gasteiger partial charge on any atom is -0.362 e. The highest BCUT2D eigenvalue weighted by atomic mass is 35.5. The van der Waals surface area contributed by atoms with Gasteiger partial charge in [-0.3, -0.25) is 4.99 Å². The summed E-state index contributed by atoms with van der Waals surface area (Å²) in [5.41, 5.74) is 4.36. The standard InChI is InChI=1S/C15H13ClN2/c16-10-14-17-13-9-5-4-8-12(13)15(18-14)11-6-2-1-3-7-11/h1-9,14,17H,10H2. The van der Waals surface area contributed by atoms with Gasteiger partial charge in [-0.05, 0) is 6.07 Å². The minimum absolute atomic E-state index is 0.0585. The maximum atomic E-state index is 5.93. The highest BCUT2D eigenvalue weighted by molar-refractivity contribution is 6.20. The lowest BCUT2D eigenvalue weighted by atomic mass is 9.99. The Morgan fingerprint density at radius 1 is 1.00 bits per heavy atom. The third-order valence-electron chi connectivity index (χ3n) is 2.98. The van der Waals surface area contributed by atoms with E-state index in [1.165, 1.54) is 0 Å². The quantitative estimate of drug-likeness (QED) is 0.817. The van der Waals surface area contributed by atoms with Gasteiger partial charge in [-0.25, -0.2) is 0 Å². The van der Waals surface area contributed by atoms with E-state index in [0.717, 1.165) is 22.5 Å². The average Bonchev–Trinajstić information content (AvgIpc) is 2.47. The second-order valence-electron chi connectivity index (χ2n) is 4.20. The molecule has 90 valence electrons. The molecule has 0 spiro atoms. The van der Waals surface area contributed by atoms with E-state index in [1.54, 1.807) is 0 Å². The summed E-state index contributed by atoms with van der Waals surface area (Å²) in [5.74, 6) is 0.463. The van der Waals surface area contributed by atoms with Gasteiger partial charge < -0.3 is 5.32 Å². The van der Waals surface area contributed by atoms with Crippen molar-refractivity contribution in [1.29, 1.82) is 0 Å². The summed E-state index contributed by atoms with van der Waals surface area (Å²) in [6, 6.07) is 18.4. The predicted octanol–water partition coefficient (Wildman–Crippen LogP) is 3.51. The van der Waals surface area contributed by atoms with Crippen molar-refractivity contribution in [1.82, 2.24) is 0 Å². The monoisotopic (exact) mass is 256 g/mol. The predicted molar refractivity (Wildman–Crippen MR) is 76.7 cm³/mol. The highest BCUT2D eigenvalue weighted by Gasteiger charge is 2.19. The minimum atomic E-state index is -0.0585. The van der Waals surface area contributed by atoms with Crippen LogP contribution in [-0.4, -0.2) is 17.8 Å². The summed E-state index contributed by atoms with van der Waals surface area (Å²) in [7, 11) is 0. The van der Waals surface area contributed by atoms with Crippen molar-refractivity contribution >= 4 is 23.0 Å². The van der Waals surface area contributed by atoms with Gasteiger partial charge in [-0.15, -0.1) is 11.6 Å². The van der Waals surface area contributed by atoms with Crippen LogP contribution in [-0.2, 0) is 0 Å². The second-order valence-corrected chi connectivity index (χ2v) is 4.51. The zero-order valence-corrected chi connectivity index (χ0v) is 10.6. The molecule has 1 aliphatic heterocycles. The van der Waals surface area contributed by atoms with Crippen molar-refractivity contribution in [2.75, 3.05) is 11.2 Å². The van der Waals surface area contributed by atoms with E-state index in [0.29, 0.717) is 5.88 Å². The van der Waals surface area contributed by atoms with E-state index < -0.39 is 0 Å². The number of halogens is 1. The van der Waals surface area contributed by atoms with Crippen molar-refractivity contribution in [3.63, 3.8) is 0 Å². The fourth-order valence-corrected chi connectivity index (χ4v) is 2.30. The Morgan fingerprint density at radius 2 is 1.72 bits per heavy atom. The van der Waals surface area contributed by atoms with E-state index in [2.05, 4.69) is 34.6 Å². The molecule has 0 saturated carbocycles. The second kappa shape index (κ2) is 4.83. The molecule has 1 atom stereocenters. The first kappa shape index (κ1) is 11.3. The zero-order chi connectivity index (χ0) is 12.4. The summed E-state index contributed by atoms with van der Waals surface area (Å²) in [5, 5.41) is 3.33. The Bertz CT molecular complexity index is 578. The van der Waals surface area contributed by atoms with Gasteiger partial charge in [0.2, 0.25) is 0 Å². The first-order chi connectivity index (χ1) is 8.88. The van der Waals surface area contributed by atoms with Crippen molar-refractivity contribution in [2.45, 2.75) is 6.17 Å². The number of para-hydroxylation sites is 1. The number of rotatable bonds is 2. The van der Waals surface area contributed by atoms with E-state index in [1.807, 2.05) is 30.3 Å². The van der Waals surface area contributed by atoms with Crippen molar-refractivity contribution < 1.29 is 0 Å². The molecule has 18 heavy (non-hydrogen) atoms. The molecule has 0 aliphatic carbocycles. The molecule has 2 aromatic rings. The molecule has 2 nitrogen and oxygen atoms in total. The van der Waals surface area contributed by atoms with Crippen LogP contribution < -0.4 is 5.32 Å². The van der Waals surface area contributed by atoms with Crippen LogP contribution >= 0.6 is 11.6 Å². The van der Waals surface area contributed by atoms with Crippen molar-refractivity contribution in [3.8, 4) is 0 Å². The Hall–Kier alpha value is -1.80. The summed E-state index contributed by atoms with van der Waals surface area (Å²) in [4.78, 5) is 4.69. The Balaban J connectivity index is 2.13. The third kappa shape index (κ3) is 2.00. The third-order valence-corrected chi connectivity index (χ3v) is 3.27. The molecule has 1 unspecified atom stereocenters. The topological polar surface area (TPSA) is 24.4 Å². The summed E-state index contributed by atoms with van der Waals surface area (Å²) < 4.78 is 0. The first-order valence-corrected chi connectivity index (χ1v) is 6.47. The van der Waals surface area contributed by atoms with Gasteiger partial charge >= 0.3 is 0 Å². The van der Waals surface area contributed by atoms with Crippen molar-refractivity contribution in [2.24, 2.45) is 4.99 Å². The highest BCUT2D eigenvalue weighted by Crippen LogP contribution is 2.25. The van der Waals surface area contributed by atoms with E-state index in [4.69, 9.17) is 11.6 Å². The fraction of sp³-hybridized carbons (Fsp3) is 0.133. The van der Waals surface area contributed by atoms with E-state index in [9.17, 15) is 0 Å². The molecule has 1 aliphatic rings. The van der Waals surface area contributed by atoms with Gasteiger partial charge in [0.05, 0.1) is 11.6 Å². The number of benzene rings is 2. The summed E-state index contributed by atoms with van der Waals surface area (Å²) >= 11 is 5.93. The largest absolute Gasteiger partial charge is 0.362 e. The molecule has 3 rings (SSSR count). The Kier molecular flexibility index (Phi) is 3.03. The molecule has 0 fully saturated rings. The molecule has 0 amide bonds. The van der Waals surface area contributed by atoms with Crippen LogP contribution in [0.5, 0.6) is 0 Å². The van der Waals surface area contributed by atoms with Crippen LogP contribution in [0.2, 0.25) is 0 Å². The van der Waals surface area contributed by atoms with Crippen LogP contribution in [0, 0.1) is 0 Å². The molecule has 0 radical (unpaired) electrons. The van der Waals surface area contributed by atoms with Crippen molar-refractivity contribution in [3.05, 3.63) is 65.7 Å². The number of fused-ring (bicyclic) bond motifs is 1. The molecule has 0 aromatic heterocycles. The van der Waals surface area contributed by atoms with E-state index >= 15 is 0 Å². The van der Waals surface area contributed by atoms with Gasteiger partial charge in [0, 0.05) is 16.8 Å². The maximum absolute atomic E-state index is 5.93. The number of nitrogens with one attached hydrogen (secondary N) is 1. The van der Waals surface area contributed by atoms with Crippen LogP contribution in [0.4, 0.5) is 5.69 Å². The Morgan fingerprint density at radius 3 is 2.50 bits per heavy atom. The normalized spacial score (nSPS) is 17.6. The van der Waals surface area contributed by atoms with Gasteiger partial charge in [-0.2, -0.15) is 0 Å². The van der Waals surface area contributed by atoms with Crippen LogP contribution in [0.15, 0.2) is 59.6 Å². The van der Waals surface area contributed by atoms with Gasteiger partial charge in [0.15, 0.2) is 0 Å². The number of alkyl halides is 1. The number of aliphatic imine (C=N–C) groups is 1. The molecule has 0 saturated heterocycles. The van der Waals surface area contributed by atoms with Gasteiger partial charge in [0.25, 0.3) is 0 Å². The number of hydrogen-bond acceptors (Lipinski definition) is 2. The van der Waals surface area contributed by atoms with Crippen LogP contribution in [0.3, 0.4) is 0 Å². The molecule has 3 heteroatoms. The number of hydrogen-bond donors (Lipinski definition) is 1. The zero-order valence-electron chi connectivity index (χ0n) is 9.81. The lowest BCUT2D eigenvalue weighted by Crippen LogP contribution is -2.27. The average molecular weight is 257 g/mol. The van der Waals surface area contributed by atoms with Gasteiger partial charge in [0.1, 0.15) is 6.17 Å². The molecule has 1 N–H and O–H groups in total. The molecular weight excluding hydrogens is 244 g/mol. The molecule has 0 bridgehead atoms. The lowest BCUT2D eigenvalue weighted by Gasteiger charge is -2.24. The van der Waals surface area contributed by atoms with Crippen LogP contribution in [0.1, 0.15) is 11.1 Å². The lowest BCUT2D eigenvalue weighted by molar-refractivity contribution is 0.851. The fourth-order valence-electron chi connectivity index (χ4n) is 2.15. The maximum Gasteiger partial charge on any atom is 0.133 e. The Labute approximate surface area is 111 Å². The first-order valence-electron chi connectivity index (χ1n) is 5.93. The summed E-state index contributed by atoms with van der Waals surface area (Å²) in [6.07, 6.45) is -0.0585. The molecule has 2 aromatic carbocycles. The smallest absolute Gasteiger partial charge is 0.133 e. The molecular formula is C15H13ClN2. The number of nitrogens with zero attached hydrogens (tertiary/aromatic N) is 1. The SMILES string of the molecule is ClCC1N=C(c2ccccc2)c2ccccc2N1. The van der Waals surface area contributed by atoms with Crippen LogP contribution in [0.25, 0.3) is 0 Å². The van der Waals surface area contributed by atoms with E-state index in [-0.39, 0.29) is 6.17 Å². The van der Waals surface area contributed by atoms with Gasteiger partial charge in [-0.1, -0.05) is 48.5 Å². The molecule has 1 heterocycles. The summed E-state index contributed by atoms with van der Waals surface area (Å²) in [6.45, 7) is 0. The number of anilines is 1.